The summed E-state index contributed by atoms with van der Waals surface area (Å²) in [6.45, 7) is -1.12. The Balaban J connectivity index is 0. The van der Waals surface area contributed by atoms with Crippen LogP contribution in [0.25, 0.3) is 0 Å². The summed E-state index contributed by atoms with van der Waals surface area (Å²) in [5, 5.41) is 50.4. The number of unbranched alkanes of at least 4 members (excludes halogenated alkanes) is 2. The highest BCUT2D eigenvalue weighted by atomic mass is 16.3. The minimum Gasteiger partial charge on any atom is -0.396 e. The van der Waals surface area contributed by atoms with Gasteiger partial charge in [0.1, 0.15) is 0 Å². The molecule has 0 bridgehead atoms. The topological polar surface area (TPSA) is 121 Å². The zero-order valence-corrected chi connectivity index (χ0v) is 9.55. The summed E-state index contributed by atoms with van der Waals surface area (Å²) in [7, 11) is 0. The first-order valence-electron chi connectivity index (χ1n) is 5.31. The molecule has 0 rings (SSSR count). The molecular weight excluding hydrogens is 216 g/mol. The third kappa shape index (κ3) is 9.02. The van der Waals surface area contributed by atoms with Crippen molar-refractivity contribution < 1.29 is 30.6 Å². The summed E-state index contributed by atoms with van der Waals surface area (Å²) >= 11 is 0. The lowest BCUT2D eigenvalue weighted by atomic mass is 9.93. The quantitative estimate of drug-likeness (QED) is 0.275. The Labute approximate surface area is 95.8 Å². The molecular formula is C10H24O6. The predicted molar refractivity (Wildman–Crippen MR) is 58.8 cm³/mol. The predicted octanol–water partition coefficient (Wildman–Crippen LogP) is -1.92. The van der Waals surface area contributed by atoms with E-state index in [1.807, 2.05) is 0 Å². The summed E-state index contributed by atoms with van der Waals surface area (Å²) in [6, 6.07) is 0. The van der Waals surface area contributed by atoms with Gasteiger partial charge in [-0.1, -0.05) is 0 Å². The second-order valence-corrected chi connectivity index (χ2v) is 3.64. The van der Waals surface area contributed by atoms with Crippen molar-refractivity contribution in [1.29, 1.82) is 0 Å². The van der Waals surface area contributed by atoms with Crippen molar-refractivity contribution in [3.63, 3.8) is 0 Å². The smallest absolute Gasteiger partial charge is 0.0627 e. The van der Waals surface area contributed by atoms with Crippen LogP contribution in [0.5, 0.6) is 0 Å². The van der Waals surface area contributed by atoms with Crippen molar-refractivity contribution in [2.75, 3.05) is 39.6 Å². The number of aliphatic hydroxyl groups excluding tert-OH is 6. The molecule has 0 saturated carbocycles. The van der Waals surface area contributed by atoms with E-state index in [0.29, 0.717) is 0 Å². The molecule has 0 aliphatic carbocycles. The lowest BCUT2D eigenvalue weighted by Gasteiger charge is -2.23. The Hall–Kier alpha value is -0.240. The first kappa shape index (κ1) is 18.1. The molecule has 0 fully saturated rings. The standard InChI is InChI=1S/C5H12O4.C5H12O2/c6-1-5(2-7,3-8)4-9;6-4-2-1-3-5-7/h6-9H,1-4H2;6-7H,1-5H2. The lowest BCUT2D eigenvalue weighted by molar-refractivity contribution is -0.0328. The molecule has 0 radical (unpaired) electrons. The van der Waals surface area contributed by atoms with Gasteiger partial charge in [-0.3, -0.25) is 0 Å². The molecule has 6 nitrogen and oxygen atoms in total. The normalized spacial score (nSPS) is 10.9. The molecule has 100 valence electrons. The van der Waals surface area contributed by atoms with Gasteiger partial charge in [0.2, 0.25) is 0 Å². The van der Waals surface area contributed by atoms with Gasteiger partial charge in [0.05, 0.1) is 31.8 Å². The van der Waals surface area contributed by atoms with E-state index in [1.54, 1.807) is 0 Å². The average molecular weight is 240 g/mol. The van der Waals surface area contributed by atoms with E-state index in [9.17, 15) is 0 Å². The zero-order chi connectivity index (χ0) is 12.9. The fourth-order valence-electron chi connectivity index (χ4n) is 0.700. The molecule has 6 N–H and O–H groups in total. The van der Waals surface area contributed by atoms with Crippen molar-refractivity contribution in [2.45, 2.75) is 19.3 Å². The molecule has 0 saturated heterocycles. The van der Waals surface area contributed by atoms with Crippen LogP contribution < -0.4 is 0 Å². The van der Waals surface area contributed by atoms with E-state index in [-0.39, 0.29) is 13.2 Å². The summed E-state index contributed by atoms with van der Waals surface area (Å²) in [4.78, 5) is 0. The minimum atomic E-state index is -1.11. The van der Waals surface area contributed by atoms with Crippen LogP contribution in [0.2, 0.25) is 0 Å². The van der Waals surface area contributed by atoms with E-state index in [0.717, 1.165) is 19.3 Å². The van der Waals surface area contributed by atoms with E-state index in [4.69, 9.17) is 30.6 Å². The number of hydrogen-bond donors (Lipinski definition) is 6. The third-order valence-corrected chi connectivity index (χ3v) is 2.16. The molecule has 0 heterocycles. The van der Waals surface area contributed by atoms with Gasteiger partial charge in [-0.2, -0.15) is 0 Å². The van der Waals surface area contributed by atoms with Crippen LogP contribution >= 0.6 is 0 Å². The molecule has 0 aromatic heterocycles. The molecule has 0 aromatic rings. The van der Waals surface area contributed by atoms with Gasteiger partial charge in [0.15, 0.2) is 0 Å². The maximum absolute atomic E-state index is 8.50. The molecule has 0 unspecified atom stereocenters. The molecule has 6 heteroatoms. The van der Waals surface area contributed by atoms with Gasteiger partial charge in [0, 0.05) is 13.2 Å². The van der Waals surface area contributed by atoms with Gasteiger partial charge in [-0.25, -0.2) is 0 Å². The average Bonchev–Trinajstić information content (AvgIpc) is 2.34. The van der Waals surface area contributed by atoms with Gasteiger partial charge in [0.25, 0.3) is 0 Å². The number of hydrogen-bond acceptors (Lipinski definition) is 6. The van der Waals surface area contributed by atoms with Gasteiger partial charge >= 0.3 is 0 Å². The molecule has 0 aromatic carbocycles. The highest BCUT2D eigenvalue weighted by molar-refractivity contribution is 4.74. The first-order chi connectivity index (χ1) is 7.66. The van der Waals surface area contributed by atoms with Crippen molar-refractivity contribution in [3.8, 4) is 0 Å². The Morgan fingerprint density at radius 1 is 0.500 bits per heavy atom. The minimum absolute atomic E-state index is 0.250. The Bertz CT molecular complexity index is 105. The van der Waals surface area contributed by atoms with Crippen LogP contribution in [-0.2, 0) is 0 Å². The van der Waals surface area contributed by atoms with Crippen molar-refractivity contribution in [1.82, 2.24) is 0 Å². The van der Waals surface area contributed by atoms with Gasteiger partial charge < -0.3 is 30.6 Å². The SMILES string of the molecule is OCC(CO)(CO)CO.OCCCCCO. The molecule has 0 amide bonds. The van der Waals surface area contributed by atoms with Crippen LogP contribution in [0, 0.1) is 5.41 Å². The van der Waals surface area contributed by atoms with E-state index < -0.39 is 31.8 Å². The maximum Gasteiger partial charge on any atom is 0.0627 e. The summed E-state index contributed by atoms with van der Waals surface area (Å²) in [5.74, 6) is 0. The molecule has 0 spiro atoms. The Morgan fingerprint density at radius 3 is 0.938 bits per heavy atom. The fourth-order valence-corrected chi connectivity index (χ4v) is 0.700. The maximum atomic E-state index is 8.50. The Kier molecular flexibility index (Phi) is 14.5. The van der Waals surface area contributed by atoms with Crippen molar-refractivity contribution in [2.24, 2.45) is 5.41 Å². The van der Waals surface area contributed by atoms with Crippen molar-refractivity contribution >= 4 is 0 Å². The van der Waals surface area contributed by atoms with Crippen molar-refractivity contribution in [3.05, 3.63) is 0 Å². The second-order valence-electron chi connectivity index (χ2n) is 3.64. The van der Waals surface area contributed by atoms with Crippen LogP contribution in [0.1, 0.15) is 19.3 Å². The van der Waals surface area contributed by atoms with Crippen LogP contribution in [-0.4, -0.2) is 70.3 Å². The van der Waals surface area contributed by atoms with E-state index in [1.165, 1.54) is 0 Å². The second kappa shape index (κ2) is 12.8. The number of aliphatic hydroxyl groups is 6. The lowest BCUT2D eigenvalue weighted by Crippen LogP contribution is -2.37. The summed E-state index contributed by atoms with van der Waals surface area (Å²) < 4.78 is 0. The van der Waals surface area contributed by atoms with Crippen LogP contribution in [0.4, 0.5) is 0 Å². The summed E-state index contributed by atoms with van der Waals surface area (Å²) in [6.07, 6.45) is 2.58. The third-order valence-electron chi connectivity index (χ3n) is 2.16. The molecule has 0 aliphatic rings. The van der Waals surface area contributed by atoms with Gasteiger partial charge in [-0.15, -0.1) is 0 Å². The highest BCUT2D eigenvalue weighted by Crippen LogP contribution is 2.11. The summed E-state index contributed by atoms with van der Waals surface area (Å²) in [5.41, 5.74) is -1.11. The van der Waals surface area contributed by atoms with E-state index in [2.05, 4.69) is 0 Å². The van der Waals surface area contributed by atoms with Crippen LogP contribution in [0.3, 0.4) is 0 Å². The zero-order valence-electron chi connectivity index (χ0n) is 9.55. The molecule has 0 aliphatic heterocycles. The van der Waals surface area contributed by atoms with E-state index >= 15 is 0 Å². The molecule has 0 atom stereocenters. The largest absolute Gasteiger partial charge is 0.396 e. The fraction of sp³-hybridized carbons (Fsp3) is 1.00. The highest BCUT2D eigenvalue weighted by Gasteiger charge is 2.26. The van der Waals surface area contributed by atoms with Crippen LogP contribution in [0.15, 0.2) is 0 Å². The first-order valence-corrected chi connectivity index (χ1v) is 5.31. The van der Waals surface area contributed by atoms with Gasteiger partial charge in [-0.05, 0) is 19.3 Å². The Morgan fingerprint density at radius 2 is 0.812 bits per heavy atom. The number of rotatable bonds is 8. The molecule has 16 heavy (non-hydrogen) atoms. The monoisotopic (exact) mass is 240 g/mol.